The van der Waals surface area contributed by atoms with Crippen molar-refractivity contribution < 1.29 is 9.59 Å². The number of hydrogen-bond acceptors (Lipinski definition) is 5. The Kier molecular flexibility index (Phi) is 10.1. The zero-order valence-electron chi connectivity index (χ0n) is 25.2. The Bertz CT molecular complexity index is 1640. The number of aromatic nitrogens is 2. The first-order chi connectivity index (χ1) is 21.1. The molecule has 0 bridgehead atoms. The molecule has 3 atom stereocenters. The number of nitrogens with zero attached hydrogens (tertiary/aromatic N) is 3. The molecule has 0 radical (unpaired) electrons. The van der Waals surface area contributed by atoms with Gasteiger partial charge in [-0.25, -0.2) is 4.98 Å². The van der Waals surface area contributed by atoms with Gasteiger partial charge in [-0.2, -0.15) is 0 Å². The highest BCUT2D eigenvalue weighted by Gasteiger charge is 2.38. The van der Waals surface area contributed by atoms with Crippen LogP contribution in [-0.4, -0.2) is 62.8 Å². The first-order valence-electron chi connectivity index (χ1n) is 15.2. The van der Waals surface area contributed by atoms with Gasteiger partial charge in [-0.05, 0) is 73.1 Å². The van der Waals surface area contributed by atoms with Crippen molar-refractivity contribution >= 4 is 51.7 Å². The lowest BCUT2D eigenvalue weighted by Crippen LogP contribution is -2.63. The number of halogens is 2. The van der Waals surface area contributed by atoms with E-state index in [2.05, 4.69) is 41.2 Å². The molecule has 1 aliphatic rings. The highest BCUT2D eigenvalue weighted by molar-refractivity contribution is 6.35. The summed E-state index contributed by atoms with van der Waals surface area (Å²) in [7, 11) is 0. The fourth-order valence-electron chi connectivity index (χ4n) is 6.23. The molecular weight excluding hydrogens is 595 g/mol. The van der Waals surface area contributed by atoms with Gasteiger partial charge in [0.2, 0.25) is 11.8 Å². The van der Waals surface area contributed by atoms with Crippen LogP contribution in [0.4, 0.5) is 5.95 Å². The molecule has 1 saturated heterocycles. The van der Waals surface area contributed by atoms with E-state index in [1.165, 1.54) is 0 Å². The number of H-pyrrole nitrogens is 1. The van der Waals surface area contributed by atoms with Gasteiger partial charge in [0.15, 0.2) is 5.95 Å². The van der Waals surface area contributed by atoms with Crippen molar-refractivity contribution in [2.45, 2.75) is 70.5 Å². The molecule has 0 saturated carbocycles. The summed E-state index contributed by atoms with van der Waals surface area (Å²) in [5, 5.41) is 3.27. The summed E-state index contributed by atoms with van der Waals surface area (Å²) in [5.41, 5.74) is 16.1. The third-order valence-electron chi connectivity index (χ3n) is 8.57. The van der Waals surface area contributed by atoms with Gasteiger partial charge in [-0.1, -0.05) is 78.7 Å². The summed E-state index contributed by atoms with van der Waals surface area (Å²) in [5.74, 6) is 0.323. The molecule has 0 spiro atoms. The van der Waals surface area contributed by atoms with Crippen LogP contribution in [0.5, 0.6) is 0 Å². The van der Waals surface area contributed by atoms with Crippen molar-refractivity contribution in [1.82, 2.24) is 19.8 Å². The van der Waals surface area contributed by atoms with E-state index in [9.17, 15) is 9.59 Å². The number of amides is 2. The summed E-state index contributed by atoms with van der Waals surface area (Å²) in [4.78, 5) is 38.9. The zero-order chi connectivity index (χ0) is 31.4. The number of fused-ring (bicyclic) bond motifs is 1. The molecule has 44 heavy (non-hydrogen) atoms. The van der Waals surface area contributed by atoms with Gasteiger partial charge in [0, 0.05) is 40.9 Å². The van der Waals surface area contributed by atoms with Crippen molar-refractivity contribution in [3.05, 3.63) is 93.2 Å². The van der Waals surface area contributed by atoms with Crippen LogP contribution >= 0.6 is 23.2 Å². The molecule has 1 aromatic heterocycles. The predicted molar refractivity (Wildman–Crippen MR) is 178 cm³/mol. The summed E-state index contributed by atoms with van der Waals surface area (Å²) >= 11 is 12.5. The first kappa shape index (κ1) is 31.8. The van der Waals surface area contributed by atoms with Crippen molar-refractivity contribution in [2.75, 3.05) is 18.8 Å². The molecule has 4 aromatic rings. The Labute approximate surface area is 268 Å². The van der Waals surface area contributed by atoms with Gasteiger partial charge < -0.3 is 26.3 Å². The van der Waals surface area contributed by atoms with Crippen LogP contribution in [-0.2, 0) is 35.3 Å². The molecule has 5 rings (SSSR count). The Morgan fingerprint density at radius 3 is 2.57 bits per heavy atom. The van der Waals surface area contributed by atoms with Gasteiger partial charge in [0.05, 0.1) is 18.2 Å². The topological polar surface area (TPSA) is 121 Å². The van der Waals surface area contributed by atoms with E-state index in [1.807, 2.05) is 41.0 Å². The SMILES string of the molecule is CCc1nc(N)[nH]c1CCC[C@H]1CN(C(=O)Cc2ccc3ccccc3c2)[C@H](C)CN1C(=O)[C@H](N)Cc1ccc(Cl)cc1Cl. The maximum Gasteiger partial charge on any atom is 0.240 e. The first-order valence-corrected chi connectivity index (χ1v) is 16.0. The molecule has 10 heteroatoms. The number of anilines is 1. The summed E-state index contributed by atoms with van der Waals surface area (Å²) < 4.78 is 0. The Balaban J connectivity index is 1.32. The lowest BCUT2D eigenvalue weighted by atomic mass is 9.97. The van der Waals surface area contributed by atoms with Crippen LogP contribution in [0.1, 0.15) is 49.2 Å². The number of carbonyl (C=O) groups excluding carboxylic acids is 2. The molecule has 8 nitrogen and oxygen atoms in total. The number of benzene rings is 3. The number of aryl methyl sites for hydroxylation is 2. The molecule has 5 N–H and O–H groups in total. The molecule has 1 aliphatic heterocycles. The van der Waals surface area contributed by atoms with Crippen LogP contribution in [0, 0.1) is 0 Å². The van der Waals surface area contributed by atoms with Crippen LogP contribution < -0.4 is 11.5 Å². The van der Waals surface area contributed by atoms with Crippen molar-refractivity contribution in [3.63, 3.8) is 0 Å². The van der Waals surface area contributed by atoms with E-state index in [0.29, 0.717) is 48.3 Å². The molecule has 2 amide bonds. The van der Waals surface area contributed by atoms with E-state index in [0.717, 1.165) is 52.5 Å². The molecule has 1 fully saturated rings. The van der Waals surface area contributed by atoms with Crippen LogP contribution in [0.3, 0.4) is 0 Å². The summed E-state index contributed by atoms with van der Waals surface area (Å²) in [6, 6.07) is 18.4. The number of nitrogens with one attached hydrogen (secondary N) is 1. The third-order valence-corrected chi connectivity index (χ3v) is 9.15. The lowest BCUT2D eigenvalue weighted by Gasteiger charge is -2.46. The number of piperazine rings is 1. The van der Waals surface area contributed by atoms with Gasteiger partial charge in [-0.15, -0.1) is 0 Å². The minimum Gasteiger partial charge on any atom is -0.369 e. The van der Waals surface area contributed by atoms with Crippen LogP contribution in [0.2, 0.25) is 10.0 Å². The zero-order valence-corrected chi connectivity index (χ0v) is 26.7. The second-order valence-corrected chi connectivity index (χ2v) is 12.6. The monoisotopic (exact) mass is 634 g/mol. The van der Waals surface area contributed by atoms with Gasteiger partial charge in [0.1, 0.15) is 0 Å². The number of imidazole rings is 1. The van der Waals surface area contributed by atoms with Crippen LogP contribution in [0.25, 0.3) is 10.8 Å². The third kappa shape index (κ3) is 7.37. The maximum atomic E-state index is 13.9. The van der Waals surface area contributed by atoms with Gasteiger partial charge >= 0.3 is 0 Å². The van der Waals surface area contributed by atoms with Crippen LogP contribution in [0.15, 0.2) is 60.7 Å². The Hall–Kier alpha value is -3.59. The van der Waals surface area contributed by atoms with E-state index >= 15 is 0 Å². The number of rotatable bonds is 10. The quantitative estimate of drug-likeness (QED) is 0.210. The number of aromatic amines is 1. The van der Waals surface area contributed by atoms with E-state index in [1.54, 1.807) is 12.1 Å². The molecule has 0 unspecified atom stereocenters. The highest BCUT2D eigenvalue weighted by Crippen LogP contribution is 2.26. The fourth-order valence-corrected chi connectivity index (χ4v) is 6.72. The average molecular weight is 636 g/mol. The number of hydrogen-bond donors (Lipinski definition) is 3. The molecule has 2 heterocycles. The number of nitrogen functional groups attached to an aromatic ring is 1. The Morgan fingerprint density at radius 2 is 1.82 bits per heavy atom. The minimum atomic E-state index is -0.776. The van der Waals surface area contributed by atoms with Crippen molar-refractivity contribution in [3.8, 4) is 0 Å². The fraction of sp³-hybridized carbons (Fsp3) is 0.382. The van der Waals surface area contributed by atoms with E-state index in [4.69, 9.17) is 34.7 Å². The standard InChI is InChI=1S/C34H40Cl2N6O2/c1-3-30-31(40-34(38)39-30)10-6-9-27-20-41(32(43)16-22-11-12-23-7-4-5-8-24(23)15-22)21(2)19-42(27)33(44)29(37)17-25-13-14-26(35)18-28(25)36/h4-5,7-8,11-15,18,21,27,29H,3,6,9-10,16-17,19-20,37H2,1-2H3,(H3,38,39,40)/t21-,27+,29-/m1/s1. The Morgan fingerprint density at radius 1 is 1.05 bits per heavy atom. The number of carbonyl (C=O) groups is 2. The molecule has 0 aliphatic carbocycles. The molecule has 3 aromatic carbocycles. The minimum absolute atomic E-state index is 0.0525. The molecule has 232 valence electrons. The smallest absolute Gasteiger partial charge is 0.240 e. The second-order valence-electron chi connectivity index (χ2n) is 11.7. The van der Waals surface area contributed by atoms with E-state index in [-0.39, 0.29) is 23.9 Å². The molecular formula is C34H40Cl2N6O2. The maximum absolute atomic E-state index is 13.9. The second kappa shape index (κ2) is 14.0. The lowest BCUT2D eigenvalue weighted by molar-refractivity contribution is -0.147. The van der Waals surface area contributed by atoms with Gasteiger partial charge in [0.25, 0.3) is 0 Å². The largest absolute Gasteiger partial charge is 0.369 e. The normalized spacial score (nSPS) is 17.7. The summed E-state index contributed by atoms with van der Waals surface area (Å²) in [6.07, 6.45) is 3.63. The number of nitrogens with two attached hydrogens (primary N) is 2. The van der Waals surface area contributed by atoms with Crippen molar-refractivity contribution in [1.29, 1.82) is 0 Å². The highest BCUT2D eigenvalue weighted by atomic mass is 35.5. The summed E-state index contributed by atoms with van der Waals surface area (Å²) in [6.45, 7) is 4.90. The average Bonchev–Trinajstić information content (AvgIpc) is 3.37. The van der Waals surface area contributed by atoms with Gasteiger partial charge in [-0.3, -0.25) is 9.59 Å². The van der Waals surface area contributed by atoms with E-state index < -0.39 is 6.04 Å². The van der Waals surface area contributed by atoms with Crippen molar-refractivity contribution in [2.24, 2.45) is 5.73 Å². The predicted octanol–water partition coefficient (Wildman–Crippen LogP) is 5.58.